The van der Waals surface area contributed by atoms with Gasteiger partial charge in [-0.25, -0.2) is 4.98 Å². The minimum absolute atomic E-state index is 0.0811. The number of nitriles is 1. The topological polar surface area (TPSA) is 55.7 Å². The number of alkyl halides is 3. The number of rotatable bonds is 1. The minimum Gasteiger partial charge on any atom is -0.368 e. The largest absolute Gasteiger partial charge is 0.434 e. The van der Waals surface area contributed by atoms with Gasteiger partial charge in [0, 0.05) is 18.8 Å². The highest BCUT2D eigenvalue weighted by Gasteiger charge is 2.42. The molecule has 1 aliphatic heterocycles. The van der Waals surface area contributed by atoms with Crippen molar-refractivity contribution in [3.05, 3.63) is 22.0 Å². The van der Waals surface area contributed by atoms with Crippen LogP contribution in [0.4, 0.5) is 18.9 Å². The lowest BCUT2D eigenvalue weighted by molar-refractivity contribution is -0.141. The molecule has 132 valence electrons. The number of H-pyrrole nitrogens is 1. The van der Waals surface area contributed by atoms with E-state index in [0.717, 1.165) is 12.8 Å². The predicted molar refractivity (Wildman–Crippen MR) is 88.6 cm³/mol. The van der Waals surface area contributed by atoms with Gasteiger partial charge in [0.1, 0.15) is 17.1 Å². The lowest BCUT2D eigenvalue weighted by Gasteiger charge is -2.23. The normalized spacial score (nSPS) is 23.3. The third kappa shape index (κ3) is 2.46. The predicted octanol–water partition coefficient (Wildman–Crippen LogP) is 4.65. The van der Waals surface area contributed by atoms with E-state index in [4.69, 9.17) is 11.6 Å². The average Bonchev–Trinajstić information content (AvgIpc) is 3.19. The molecule has 3 heterocycles. The number of hydrogen-bond donors (Lipinski definition) is 1. The fourth-order valence-corrected chi connectivity index (χ4v) is 4.50. The molecule has 2 unspecified atom stereocenters. The van der Waals surface area contributed by atoms with Crippen LogP contribution in [-0.4, -0.2) is 23.1 Å². The van der Waals surface area contributed by atoms with Crippen molar-refractivity contribution < 1.29 is 13.2 Å². The van der Waals surface area contributed by atoms with Gasteiger partial charge < -0.3 is 9.88 Å². The van der Waals surface area contributed by atoms with Gasteiger partial charge in [-0.05, 0) is 31.6 Å². The molecule has 4 nitrogen and oxygen atoms in total. The molecule has 1 aliphatic carbocycles. The van der Waals surface area contributed by atoms with E-state index in [0.29, 0.717) is 41.8 Å². The average molecular weight is 369 g/mol. The van der Waals surface area contributed by atoms with E-state index < -0.39 is 17.4 Å². The lowest BCUT2D eigenvalue weighted by Crippen LogP contribution is -2.24. The number of anilines is 1. The molecule has 8 heteroatoms. The molecule has 0 bridgehead atoms. The number of aromatic nitrogens is 2. The van der Waals surface area contributed by atoms with E-state index in [9.17, 15) is 18.4 Å². The van der Waals surface area contributed by atoms with Gasteiger partial charge in [0.2, 0.25) is 0 Å². The highest BCUT2D eigenvalue weighted by Crippen LogP contribution is 2.45. The summed E-state index contributed by atoms with van der Waals surface area (Å²) < 4.78 is 40.5. The highest BCUT2D eigenvalue weighted by atomic mass is 35.5. The van der Waals surface area contributed by atoms with E-state index in [-0.39, 0.29) is 10.5 Å². The number of nitrogens with one attached hydrogen (secondary N) is 1. The van der Waals surface area contributed by atoms with Crippen LogP contribution in [0.1, 0.15) is 36.2 Å². The zero-order valence-electron chi connectivity index (χ0n) is 13.5. The summed E-state index contributed by atoms with van der Waals surface area (Å²) in [6.45, 7) is 3.03. The molecule has 2 aromatic heterocycles. The van der Waals surface area contributed by atoms with E-state index in [2.05, 4.69) is 9.97 Å². The summed E-state index contributed by atoms with van der Waals surface area (Å²) in [4.78, 5) is 8.66. The van der Waals surface area contributed by atoms with Gasteiger partial charge in [0.05, 0.1) is 16.2 Å². The monoisotopic (exact) mass is 368 g/mol. The van der Waals surface area contributed by atoms with Crippen molar-refractivity contribution in [3.63, 3.8) is 0 Å². The summed E-state index contributed by atoms with van der Waals surface area (Å²) in [5.74, 6) is 0.964. The molecule has 2 fully saturated rings. The number of fused-ring (bicyclic) bond motifs is 2. The molecular weight excluding hydrogens is 353 g/mol. The smallest absolute Gasteiger partial charge is 0.368 e. The van der Waals surface area contributed by atoms with Crippen LogP contribution in [0.5, 0.6) is 0 Å². The molecular formula is C17H16ClF3N4. The summed E-state index contributed by atoms with van der Waals surface area (Å²) in [7, 11) is 0. The number of pyridine rings is 1. The first-order chi connectivity index (χ1) is 11.8. The Morgan fingerprint density at radius 2 is 1.92 bits per heavy atom. The standard InChI is InChI=1S/C17H16ClF3N4/c1-8-12(18)13-14(23-8)15(11(5-22)16(24-13)17(19,20)21)25-6-9-3-2-4-10(9)7-25/h9-10,23H,2-4,6-7H2,1H3. The molecule has 0 radical (unpaired) electrons. The molecule has 2 atom stereocenters. The number of aromatic amines is 1. The molecule has 1 saturated heterocycles. The van der Waals surface area contributed by atoms with Crippen LogP contribution in [0.2, 0.25) is 5.02 Å². The Kier molecular flexibility index (Phi) is 3.66. The van der Waals surface area contributed by atoms with Crippen LogP contribution >= 0.6 is 11.6 Å². The van der Waals surface area contributed by atoms with Crippen molar-refractivity contribution in [2.24, 2.45) is 11.8 Å². The third-order valence-electron chi connectivity index (χ3n) is 5.44. The van der Waals surface area contributed by atoms with Gasteiger partial charge >= 0.3 is 6.18 Å². The van der Waals surface area contributed by atoms with Crippen LogP contribution in [0, 0.1) is 30.1 Å². The highest BCUT2D eigenvalue weighted by molar-refractivity contribution is 6.36. The van der Waals surface area contributed by atoms with E-state index in [1.165, 1.54) is 6.42 Å². The molecule has 4 rings (SSSR count). The lowest BCUT2D eigenvalue weighted by atomic mass is 10.0. The number of nitrogens with zero attached hydrogens (tertiary/aromatic N) is 3. The molecule has 2 aromatic rings. The maximum absolute atomic E-state index is 13.5. The second-order valence-electron chi connectivity index (χ2n) is 6.94. The van der Waals surface area contributed by atoms with Crippen LogP contribution in [-0.2, 0) is 6.18 Å². The molecule has 2 aliphatic rings. The van der Waals surface area contributed by atoms with E-state index in [1.54, 1.807) is 13.0 Å². The van der Waals surface area contributed by atoms with Crippen LogP contribution in [0.25, 0.3) is 11.0 Å². The Morgan fingerprint density at radius 3 is 2.48 bits per heavy atom. The number of aryl methyl sites for hydroxylation is 1. The van der Waals surface area contributed by atoms with Crippen LogP contribution < -0.4 is 4.90 Å². The van der Waals surface area contributed by atoms with Gasteiger partial charge in [-0.15, -0.1) is 0 Å². The maximum atomic E-state index is 13.5. The Balaban J connectivity index is 1.98. The van der Waals surface area contributed by atoms with Crippen LogP contribution in [0.3, 0.4) is 0 Å². The van der Waals surface area contributed by atoms with Crippen molar-refractivity contribution in [1.29, 1.82) is 5.26 Å². The van der Waals surface area contributed by atoms with Crippen molar-refractivity contribution in [1.82, 2.24) is 9.97 Å². The number of hydrogen-bond acceptors (Lipinski definition) is 3. The first-order valence-corrected chi connectivity index (χ1v) is 8.63. The van der Waals surface area contributed by atoms with Gasteiger partial charge in [0.15, 0.2) is 5.69 Å². The van der Waals surface area contributed by atoms with Gasteiger partial charge in [0.25, 0.3) is 0 Å². The van der Waals surface area contributed by atoms with E-state index in [1.807, 2.05) is 4.90 Å². The third-order valence-corrected chi connectivity index (χ3v) is 5.91. The van der Waals surface area contributed by atoms with E-state index >= 15 is 0 Å². The quantitative estimate of drug-likeness (QED) is 0.797. The van der Waals surface area contributed by atoms with Crippen molar-refractivity contribution >= 4 is 28.3 Å². The minimum atomic E-state index is -4.71. The zero-order chi connectivity index (χ0) is 17.9. The van der Waals surface area contributed by atoms with Crippen molar-refractivity contribution in [2.45, 2.75) is 32.4 Å². The Hall–Kier alpha value is -1.94. The summed E-state index contributed by atoms with van der Waals surface area (Å²) in [5.41, 5.74) is -0.227. The number of halogens is 4. The Labute approximate surface area is 147 Å². The molecule has 1 saturated carbocycles. The molecule has 0 spiro atoms. The van der Waals surface area contributed by atoms with Crippen molar-refractivity contribution in [3.8, 4) is 6.07 Å². The molecule has 0 amide bonds. The molecule has 1 N–H and O–H groups in total. The summed E-state index contributed by atoms with van der Waals surface area (Å²) in [6, 6.07) is 1.75. The Bertz CT molecular complexity index is 884. The van der Waals surface area contributed by atoms with Gasteiger partial charge in [-0.2, -0.15) is 18.4 Å². The molecule has 0 aromatic carbocycles. The summed E-state index contributed by atoms with van der Waals surface area (Å²) in [6.07, 6.45) is -1.36. The summed E-state index contributed by atoms with van der Waals surface area (Å²) in [5, 5.41) is 9.67. The Morgan fingerprint density at radius 1 is 1.28 bits per heavy atom. The maximum Gasteiger partial charge on any atom is 0.434 e. The second kappa shape index (κ2) is 5.53. The first kappa shape index (κ1) is 16.5. The summed E-state index contributed by atoms with van der Waals surface area (Å²) >= 11 is 6.17. The first-order valence-electron chi connectivity index (χ1n) is 8.25. The SMILES string of the molecule is Cc1[nH]c2c(N3CC4CCCC4C3)c(C#N)c(C(F)(F)F)nc2c1Cl. The van der Waals surface area contributed by atoms with Gasteiger partial charge in [-0.3, -0.25) is 0 Å². The zero-order valence-corrected chi connectivity index (χ0v) is 14.3. The fourth-order valence-electron chi connectivity index (χ4n) is 4.31. The van der Waals surface area contributed by atoms with Gasteiger partial charge in [-0.1, -0.05) is 18.0 Å². The second-order valence-corrected chi connectivity index (χ2v) is 7.32. The molecule has 25 heavy (non-hydrogen) atoms. The van der Waals surface area contributed by atoms with Crippen LogP contribution in [0.15, 0.2) is 0 Å². The fraction of sp³-hybridized carbons (Fsp3) is 0.529. The van der Waals surface area contributed by atoms with Crippen molar-refractivity contribution in [2.75, 3.05) is 18.0 Å².